The molecule has 0 saturated heterocycles. The third kappa shape index (κ3) is 5.49. The molecule has 0 fully saturated rings. The van der Waals surface area contributed by atoms with Crippen molar-refractivity contribution < 1.29 is 0 Å². The van der Waals surface area contributed by atoms with Gasteiger partial charge in [-0.2, -0.15) is 0 Å². The predicted octanol–water partition coefficient (Wildman–Crippen LogP) is 2.96. The van der Waals surface area contributed by atoms with Gasteiger partial charge in [-0.1, -0.05) is 0 Å². The first-order valence-corrected chi connectivity index (χ1v) is 13.9. The molecule has 0 atom stereocenters. The van der Waals surface area contributed by atoms with E-state index in [9.17, 15) is 0 Å². The maximum atomic E-state index is 2.75. The van der Waals surface area contributed by atoms with Crippen LogP contribution in [-0.2, 0) is 0 Å². The van der Waals surface area contributed by atoms with Crippen LogP contribution in [0.25, 0.3) is 0 Å². The Balaban J connectivity index is 0.000000701. The standard InChI is InChI=1S/3C7H7.C2H7N.Bi/c3*1-7-5-3-2-4-6-7;1-3-2;/h2*2-3,5-6H,1H3;2-5H,1H3;3H,1-2H3;. The third-order valence-corrected chi connectivity index (χ3v) is 13.9. The molecule has 2 heteroatoms. The van der Waals surface area contributed by atoms with Gasteiger partial charge in [0.25, 0.3) is 0 Å². The molecule has 0 heterocycles. The van der Waals surface area contributed by atoms with Crippen LogP contribution in [0.3, 0.4) is 0 Å². The molecule has 3 aromatic carbocycles. The van der Waals surface area contributed by atoms with Crippen molar-refractivity contribution in [3.63, 3.8) is 0 Å². The molecule has 0 aromatic heterocycles. The summed E-state index contributed by atoms with van der Waals surface area (Å²) >= 11 is -2.20. The van der Waals surface area contributed by atoms with Crippen LogP contribution in [0.4, 0.5) is 0 Å². The van der Waals surface area contributed by atoms with Gasteiger partial charge in [-0.05, 0) is 14.1 Å². The summed E-state index contributed by atoms with van der Waals surface area (Å²) in [5.74, 6) is 0. The molecule has 1 nitrogen and oxygen atoms in total. The van der Waals surface area contributed by atoms with E-state index in [1.54, 1.807) is 9.81 Å². The minimum absolute atomic E-state index is 1.36. The molecule has 3 rings (SSSR count). The Morgan fingerprint density at radius 1 is 0.640 bits per heavy atom. The van der Waals surface area contributed by atoms with Gasteiger partial charge in [0.05, 0.1) is 0 Å². The Morgan fingerprint density at radius 2 is 1.12 bits per heavy atom. The molecular weight excluding hydrogens is 499 g/mol. The molecule has 0 aliphatic rings. The molecule has 0 aliphatic heterocycles. The van der Waals surface area contributed by atoms with Crippen molar-refractivity contribution in [1.29, 1.82) is 0 Å². The zero-order chi connectivity index (χ0) is 18.2. The molecule has 0 bridgehead atoms. The number of rotatable bonds is 3. The van der Waals surface area contributed by atoms with Crippen molar-refractivity contribution in [2.24, 2.45) is 0 Å². The van der Waals surface area contributed by atoms with Gasteiger partial charge in [0, 0.05) is 0 Å². The first-order chi connectivity index (χ1) is 12.1. The monoisotopic (exact) mass is 527 g/mol. The van der Waals surface area contributed by atoms with Gasteiger partial charge in [-0.3, -0.25) is 0 Å². The Kier molecular flexibility index (Phi) is 7.81. The van der Waals surface area contributed by atoms with Crippen molar-refractivity contribution in [2.75, 3.05) is 14.1 Å². The number of nitrogens with one attached hydrogen (secondary N) is 1. The number of benzene rings is 3. The molecule has 130 valence electrons. The summed E-state index contributed by atoms with van der Waals surface area (Å²) in [6, 6.07) is 27.2. The van der Waals surface area contributed by atoms with E-state index in [4.69, 9.17) is 0 Å². The first kappa shape index (κ1) is 19.8. The van der Waals surface area contributed by atoms with Crippen molar-refractivity contribution in [1.82, 2.24) is 5.32 Å². The van der Waals surface area contributed by atoms with E-state index in [0.717, 1.165) is 0 Å². The molecule has 0 unspecified atom stereocenters. The summed E-state index contributed by atoms with van der Waals surface area (Å²) in [4.78, 5) is 0. The second kappa shape index (κ2) is 9.85. The second-order valence-electron chi connectivity index (χ2n) is 6.30. The topological polar surface area (TPSA) is 12.0 Å². The summed E-state index contributed by atoms with van der Waals surface area (Å²) in [5, 5.41) is 2.75. The van der Waals surface area contributed by atoms with Gasteiger partial charge in [0.15, 0.2) is 0 Å². The Labute approximate surface area is 160 Å². The first-order valence-electron chi connectivity index (χ1n) is 8.64. The predicted molar refractivity (Wildman–Crippen MR) is 113 cm³/mol. The fraction of sp³-hybridized carbons (Fsp3) is 0.217. The molecule has 25 heavy (non-hydrogen) atoms. The van der Waals surface area contributed by atoms with Gasteiger partial charge >= 0.3 is 142 Å². The zero-order valence-corrected chi connectivity index (χ0v) is 19.4. The van der Waals surface area contributed by atoms with Gasteiger partial charge in [0.2, 0.25) is 0 Å². The van der Waals surface area contributed by atoms with Crippen LogP contribution < -0.4 is 15.1 Å². The van der Waals surface area contributed by atoms with E-state index >= 15 is 0 Å². The Morgan fingerprint density at radius 3 is 1.56 bits per heavy atom. The second-order valence-corrected chi connectivity index (χ2v) is 14.8. The Bertz CT molecular complexity index is 765. The summed E-state index contributed by atoms with van der Waals surface area (Å²) in [6.45, 7) is 6.64. The van der Waals surface area contributed by atoms with Crippen LogP contribution in [0.1, 0.15) is 16.7 Å². The fourth-order valence-corrected chi connectivity index (χ4v) is 13.1. The average molecular weight is 527 g/mol. The number of hydrogen-bond donors (Lipinski definition) is 1. The van der Waals surface area contributed by atoms with E-state index in [1.165, 1.54) is 16.7 Å². The number of aryl methyl sites for hydroxylation is 3. The maximum absolute atomic E-state index is 2.75. The van der Waals surface area contributed by atoms with E-state index in [2.05, 4.69) is 98.9 Å². The molecule has 3 aromatic rings. The summed E-state index contributed by atoms with van der Waals surface area (Å²) < 4.78 is 4.72. The molecule has 0 aliphatic carbocycles. The van der Waals surface area contributed by atoms with Crippen molar-refractivity contribution in [3.8, 4) is 0 Å². The fourth-order valence-electron chi connectivity index (χ4n) is 2.78. The molecule has 0 spiro atoms. The van der Waals surface area contributed by atoms with E-state index in [-0.39, 0.29) is 0 Å². The molecule has 0 amide bonds. The van der Waals surface area contributed by atoms with E-state index < -0.39 is 21.8 Å². The summed E-state index contributed by atoms with van der Waals surface area (Å²) in [6.07, 6.45) is 0. The Hall–Kier alpha value is -1.50. The van der Waals surface area contributed by atoms with Gasteiger partial charge in [-0.25, -0.2) is 0 Å². The average Bonchev–Trinajstić information content (AvgIpc) is 2.58. The van der Waals surface area contributed by atoms with Crippen molar-refractivity contribution in [3.05, 3.63) is 89.5 Å². The van der Waals surface area contributed by atoms with E-state index in [1.807, 2.05) is 14.1 Å². The third-order valence-electron chi connectivity index (χ3n) is 3.88. The SMILES string of the molecule is CNC.Cc1ccc[c]([Bi]([c]2cccc(C)c2)[c]2ccccc2C)c1. The van der Waals surface area contributed by atoms with Crippen LogP contribution in [0.15, 0.2) is 72.8 Å². The van der Waals surface area contributed by atoms with Crippen LogP contribution >= 0.6 is 0 Å². The molecule has 0 radical (unpaired) electrons. The molecule has 0 saturated carbocycles. The van der Waals surface area contributed by atoms with Crippen molar-refractivity contribution in [2.45, 2.75) is 20.8 Å². The zero-order valence-electron chi connectivity index (χ0n) is 15.9. The molecular formula is C23H28BiN. The quantitative estimate of drug-likeness (QED) is 0.517. The normalized spacial score (nSPS) is 10.3. The summed E-state index contributed by atoms with van der Waals surface area (Å²) in [5.41, 5.74) is 4.15. The molecule has 1 N–H and O–H groups in total. The number of hydrogen-bond acceptors (Lipinski definition) is 1. The van der Waals surface area contributed by atoms with Crippen LogP contribution in [0.5, 0.6) is 0 Å². The van der Waals surface area contributed by atoms with Gasteiger partial charge < -0.3 is 5.32 Å². The van der Waals surface area contributed by atoms with Crippen LogP contribution in [-0.4, -0.2) is 35.8 Å². The van der Waals surface area contributed by atoms with Crippen LogP contribution in [0, 0.1) is 20.8 Å². The van der Waals surface area contributed by atoms with Gasteiger partial charge in [-0.15, -0.1) is 0 Å². The minimum atomic E-state index is -2.20. The summed E-state index contributed by atoms with van der Waals surface area (Å²) in [7, 11) is 3.75. The van der Waals surface area contributed by atoms with Crippen molar-refractivity contribution >= 4 is 31.6 Å². The van der Waals surface area contributed by atoms with Crippen LogP contribution in [0.2, 0.25) is 0 Å². The van der Waals surface area contributed by atoms with E-state index in [0.29, 0.717) is 0 Å². The van der Waals surface area contributed by atoms with Gasteiger partial charge in [0.1, 0.15) is 0 Å².